The molecule has 1 aromatic carbocycles. The zero-order valence-corrected chi connectivity index (χ0v) is 18.4. The van der Waals surface area contributed by atoms with Crippen LogP contribution in [-0.2, 0) is 14.3 Å². The van der Waals surface area contributed by atoms with Crippen molar-refractivity contribution in [2.75, 3.05) is 84.6 Å². The quantitative estimate of drug-likeness (QED) is 0.451. The molecule has 0 saturated carbocycles. The number of nitrogens with one attached hydrogen (secondary N) is 2. The third kappa shape index (κ3) is 9.56. The van der Waals surface area contributed by atoms with Crippen LogP contribution in [0, 0.1) is 0 Å². The van der Waals surface area contributed by atoms with E-state index in [2.05, 4.69) is 44.5 Å². The van der Waals surface area contributed by atoms with Crippen LogP contribution >= 0.6 is 0 Å². The zero-order chi connectivity index (χ0) is 21.6. The summed E-state index contributed by atoms with van der Waals surface area (Å²) in [6, 6.07) is 10.2. The number of ether oxygens (including phenoxy) is 1. The van der Waals surface area contributed by atoms with Gasteiger partial charge in [0.1, 0.15) is 0 Å². The molecule has 0 aromatic heterocycles. The molecule has 0 atom stereocenters. The second-order valence-corrected chi connectivity index (χ2v) is 7.71. The first kappa shape index (κ1) is 24.1. The van der Waals surface area contributed by atoms with Gasteiger partial charge in [0, 0.05) is 72.3 Å². The van der Waals surface area contributed by atoms with Crippen LogP contribution in [0.1, 0.15) is 12.8 Å². The number of hydrogen-bond donors (Lipinski definition) is 2. The molecule has 1 heterocycles. The number of rotatable bonds is 13. The lowest BCUT2D eigenvalue weighted by molar-refractivity contribution is -0.125. The van der Waals surface area contributed by atoms with E-state index in [4.69, 9.17) is 4.74 Å². The average Bonchev–Trinajstić information content (AvgIpc) is 2.76. The van der Waals surface area contributed by atoms with Crippen molar-refractivity contribution < 1.29 is 14.3 Å². The third-order valence-electron chi connectivity index (χ3n) is 5.24. The number of hydrogen-bond acceptors (Lipinski definition) is 6. The SMILES string of the molecule is COCCCNC(=O)CN1CCN(CC(=O)NCCCN(C)c2ccccc2)CC1. The summed E-state index contributed by atoms with van der Waals surface area (Å²) in [7, 11) is 3.72. The first-order valence-corrected chi connectivity index (χ1v) is 10.8. The molecular formula is C22H37N5O3. The van der Waals surface area contributed by atoms with Crippen LogP contribution in [0.5, 0.6) is 0 Å². The molecule has 30 heavy (non-hydrogen) atoms. The summed E-state index contributed by atoms with van der Waals surface area (Å²) in [4.78, 5) is 30.6. The smallest absolute Gasteiger partial charge is 0.234 e. The van der Waals surface area contributed by atoms with Gasteiger partial charge in [-0.15, -0.1) is 0 Å². The standard InChI is InChI=1S/C22H37N5O3/c1-25(20-8-4-3-5-9-20)12-6-10-23-21(28)18-26-13-15-27(16-14-26)19-22(29)24-11-7-17-30-2/h3-5,8-9H,6-7,10-19H2,1-2H3,(H,23,28)(H,24,29). The fourth-order valence-electron chi connectivity index (χ4n) is 3.42. The van der Waals surface area contributed by atoms with Crippen molar-refractivity contribution in [2.45, 2.75) is 12.8 Å². The Morgan fingerprint density at radius 3 is 2.00 bits per heavy atom. The summed E-state index contributed by atoms with van der Waals surface area (Å²) >= 11 is 0. The van der Waals surface area contributed by atoms with Gasteiger partial charge in [0.2, 0.25) is 11.8 Å². The number of carbonyl (C=O) groups is 2. The number of carbonyl (C=O) groups excluding carboxylic acids is 2. The lowest BCUT2D eigenvalue weighted by Crippen LogP contribution is -2.51. The van der Waals surface area contributed by atoms with E-state index in [0.29, 0.717) is 32.8 Å². The molecule has 1 aliphatic rings. The van der Waals surface area contributed by atoms with Crippen LogP contribution in [0.2, 0.25) is 0 Å². The van der Waals surface area contributed by atoms with Crippen molar-refractivity contribution >= 4 is 17.5 Å². The van der Waals surface area contributed by atoms with E-state index in [1.165, 1.54) is 5.69 Å². The normalized spacial score (nSPS) is 15.0. The molecule has 0 aliphatic carbocycles. The second-order valence-electron chi connectivity index (χ2n) is 7.71. The van der Waals surface area contributed by atoms with E-state index in [1.54, 1.807) is 7.11 Å². The van der Waals surface area contributed by atoms with Crippen molar-refractivity contribution in [3.8, 4) is 0 Å². The summed E-state index contributed by atoms with van der Waals surface area (Å²) in [6.45, 7) is 6.95. The molecule has 1 aliphatic heterocycles. The first-order chi connectivity index (χ1) is 14.6. The minimum atomic E-state index is 0.0535. The van der Waals surface area contributed by atoms with E-state index in [-0.39, 0.29) is 11.8 Å². The van der Waals surface area contributed by atoms with Crippen molar-refractivity contribution in [1.29, 1.82) is 0 Å². The molecular weight excluding hydrogens is 382 g/mol. The van der Waals surface area contributed by atoms with Crippen LogP contribution in [0.3, 0.4) is 0 Å². The number of anilines is 1. The molecule has 0 spiro atoms. The lowest BCUT2D eigenvalue weighted by atomic mass is 10.3. The number of nitrogens with zero attached hydrogens (tertiary/aromatic N) is 3. The summed E-state index contributed by atoms with van der Waals surface area (Å²) in [5.74, 6) is 0.125. The highest BCUT2D eigenvalue weighted by atomic mass is 16.5. The molecule has 8 nitrogen and oxygen atoms in total. The molecule has 2 amide bonds. The van der Waals surface area contributed by atoms with Crippen LogP contribution in [0.15, 0.2) is 30.3 Å². The molecule has 1 aromatic rings. The van der Waals surface area contributed by atoms with Crippen LogP contribution in [-0.4, -0.2) is 101 Å². The van der Waals surface area contributed by atoms with Gasteiger partial charge in [-0.1, -0.05) is 18.2 Å². The van der Waals surface area contributed by atoms with Gasteiger partial charge in [0.15, 0.2) is 0 Å². The summed E-state index contributed by atoms with van der Waals surface area (Å²) in [5, 5.41) is 5.93. The van der Waals surface area contributed by atoms with Crippen molar-refractivity contribution in [1.82, 2.24) is 20.4 Å². The Morgan fingerprint density at radius 2 is 1.47 bits per heavy atom. The van der Waals surface area contributed by atoms with E-state index in [9.17, 15) is 9.59 Å². The van der Waals surface area contributed by atoms with E-state index in [1.807, 2.05) is 18.2 Å². The van der Waals surface area contributed by atoms with E-state index >= 15 is 0 Å². The molecule has 8 heteroatoms. The van der Waals surface area contributed by atoms with Gasteiger partial charge in [-0.2, -0.15) is 0 Å². The Balaban J connectivity index is 1.52. The molecule has 168 valence electrons. The maximum absolute atomic E-state index is 12.2. The Labute approximate surface area is 180 Å². The first-order valence-electron chi connectivity index (χ1n) is 10.8. The number of amides is 2. The molecule has 2 N–H and O–H groups in total. The predicted octanol–water partition coefficient (Wildman–Crippen LogP) is 0.399. The number of methoxy groups -OCH3 is 1. The fraction of sp³-hybridized carbons (Fsp3) is 0.636. The van der Waals surface area contributed by atoms with Gasteiger partial charge in [0.25, 0.3) is 0 Å². The summed E-state index contributed by atoms with van der Waals surface area (Å²) < 4.78 is 4.97. The van der Waals surface area contributed by atoms with Gasteiger partial charge in [0.05, 0.1) is 13.1 Å². The number of benzene rings is 1. The van der Waals surface area contributed by atoms with E-state index < -0.39 is 0 Å². The summed E-state index contributed by atoms with van der Waals surface area (Å²) in [6.07, 6.45) is 1.73. The zero-order valence-electron chi connectivity index (χ0n) is 18.4. The third-order valence-corrected chi connectivity index (χ3v) is 5.24. The van der Waals surface area contributed by atoms with E-state index in [0.717, 1.165) is 45.6 Å². The maximum atomic E-state index is 12.2. The van der Waals surface area contributed by atoms with Gasteiger partial charge < -0.3 is 20.3 Å². The van der Waals surface area contributed by atoms with Crippen LogP contribution in [0.25, 0.3) is 0 Å². The topological polar surface area (TPSA) is 77.1 Å². The molecule has 0 radical (unpaired) electrons. The fourth-order valence-corrected chi connectivity index (χ4v) is 3.42. The highest BCUT2D eigenvalue weighted by Crippen LogP contribution is 2.10. The Kier molecular flexibility index (Phi) is 11.2. The Morgan fingerprint density at radius 1 is 0.933 bits per heavy atom. The van der Waals surface area contributed by atoms with Gasteiger partial charge in [-0.05, 0) is 25.0 Å². The van der Waals surface area contributed by atoms with Crippen LogP contribution in [0.4, 0.5) is 5.69 Å². The molecule has 0 unspecified atom stereocenters. The average molecular weight is 420 g/mol. The monoisotopic (exact) mass is 419 g/mol. The minimum Gasteiger partial charge on any atom is -0.385 e. The van der Waals surface area contributed by atoms with Gasteiger partial charge in [-0.3, -0.25) is 19.4 Å². The molecule has 1 fully saturated rings. The predicted molar refractivity (Wildman–Crippen MR) is 120 cm³/mol. The van der Waals surface area contributed by atoms with Crippen molar-refractivity contribution in [3.63, 3.8) is 0 Å². The highest BCUT2D eigenvalue weighted by molar-refractivity contribution is 5.78. The number of piperazine rings is 1. The molecule has 0 bridgehead atoms. The Hall–Kier alpha value is -2.16. The largest absolute Gasteiger partial charge is 0.385 e. The Bertz CT molecular complexity index is 620. The second kappa shape index (κ2) is 14.0. The van der Waals surface area contributed by atoms with Gasteiger partial charge >= 0.3 is 0 Å². The molecule has 2 rings (SSSR count). The van der Waals surface area contributed by atoms with Crippen molar-refractivity contribution in [3.05, 3.63) is 30.3 Å². The summed E-state index contributed by atoms with van der Waals surface area (Å²) in [5.41, 5.74) is 1.19. The van der Waals surface area contributed by atoms with Crippen LogP contribution < -0.4 is 15.5 Å². The maximum Gasteiger partial charge on any atom is 0.234 e. The minimum absolute atomic E-state index is 0.0535. The van der Waals surface area contributed by atoms with Crippen molar-refractivity contribution in [2.24, 2.45) is 0 Å². The molecule has 1 saturated heterocycles. The van der Waals surface area contributed by atoms with Gasteiger partial charge in [-0.25, -0.2) is 0 Å². The highest BCUT2D eigenvalue weighted by Gasteiger charge is 2.20. The number of para-hydroxylation sites is 1. The lowest BCUT2D eigenvalue weighted by Gasteiger charge is -2.33.